The topological polar surface area (TPSA) is 21.7 Å². The zero-order valence-corrected chi connectivity index (χ0v) is 14.7. The van der Waals surface area contributed by atoms with Crippen molar-refractivity contribution in [2.75, 3.05) is 26.8 Å². The van der Waals surface area contributed by atoms with Crippen molar-refractivity contribution in [2.24, 2.45) is 0 Å². The molecule has 0 aromatic heterocycles. The second-order valence-electron chi connectivity index (χ2n) is 5.43. The molecule has 17 heavy (non-hydrogen) atoms. The van der Waals surface area contributed by atoms with Crippen molar-refractivity contribution in [2.45, 2.75) is 52.4 Å². The Kier molecular flexibility index (Phi) is 9.44. The van der Waals surface area contributed by atoms with Gasteiger partial charge in [0, 0.05) is 13.2 Å². The fourth-order valence-electron chi connectivity index (χ4n) is 1.58. The summed E-state index contributed by atoms with van der Waals surface area (Å²) in [5.41, 5.74) is 0. The molecular formula is C12H31NO2Si2. The standard InChI is InChI=1S/C12H31NO2Si2/c1-7-14-16(15-8-2)12-10-9-11-13(3)17(4,5)6/h16H,7-12H2,1-6H3. The second kappa shape index (κ2) is 9.27. The Morgan fingerprint density at radius 2 is 1.53 bits per heavy atom. The third-order valence-electron chi connectivity index (χ3n) is 3.03. The molecule has 0 aliphatic heterocycles. The summed E-state index contributed by atoms with van der Waals surface area (Å²) in [4.78, 5) is 0. The third kappa shape index (κ3) is 8.96. The van der Waals surface area contributed by atoms with E-state index in [0.29, 0.717) is 0 Å². The van der Waals surface area contributed by atoms with Gasteiger partial charge in [0.1, 0.15) is 8.24 Å². The summed E-state index contributed by atoms with van der Waals surface area (Å²) in [7, 11) is -0.176. The van der Waals surface area contributed by atoms with E-state index >= 15 is 0 Å². The van der Waals surface area contributed by atoms with E-state index in [-0.39, 0.29) is 0 Å². The molecule has 5 heteroatoms. The van der Waals surface area contributed by atoms with Crippen LogP contribution in [0.4, 0.5) is 0 Å². The minimum Gasteiger partial charge on any atom is -0.397 e. The molecule has 0 bridgehead atoms. The van der Waals surface area contributed by atoms with Gasteiger partial charge in [-0.05, 0) is 39.9 Å². The van der Waals surface area contributed by atoms with Crippen LogP contribution in [-0.4, -0.2) is 48.9 Å². The van der Waals surface area contributed by atoms with Crippen LogP contribution in [-0.2, 0) is 8.85 Å². The Bertz CT molecular complexity index is 180. The van der Waals surface area contributed by atoms with Crippen molar-refractivity contribution in [1.82, 2.24) is 4.57 Å². The molecule has 0 rings (SSSR count). The summed E-state index contributed by atoms with van der Waals surface area (Å²) in [6, 6.07) is 1.15. The number of hydrogen-bond acceptors (Lipinski definition) is 3. The van der Waals surface area contributed by atoms with Gasteiger partial charge in [-0.2, -0.15) is 0 Å². The number of unbranched alkanes of at least 4 members (excludes halogenated alkanes) is 1. The Morgan fingerprint density at radius 1 is 1.00 bits per heavy atom. The zero-order valence-electron chi connectivity index (χ0n) is 12.6. The summed E-state index contributed by atoms with van der Waals surface area (Å²) < 4.78 is 13.9. The minimum absolute atomic E-state index is 0.797. The highest BCUT2D eigenvalue weighted by Gasteiger charge is 2.19. The minimum atomic E-state index is -1.35. The molecule has 0 N–H and O–H groups in total. The fraction of sp³-hybridized carbons (Fsp3) is 1.00. The summed E-state index contributed by atoms with van der Waals surface area (Å²) in [6.07, 6.45) is 2.51. The van der Waals surface area contributed by atoms with Crippen LogP contribution < -0.4 is 0 Å². The van der Waals surface area contributed by atoms with E-state index in [4.69, 9.17) is 8.85 Å². The second-order valence-corrected chi connectivity index (χ2v) is 12.6. The SMILES string of the molecule is CCO[SiH](CCCCN(C)[Si](C)(C)C)OCC. The van der Waals surface area contributed by atoms with Gasteiger partial charge < -0.3 is 13.4 Å². The molecule has 0 unspecified atom stereocenters. The summed E-state index contributed by atoms with van der Waals surface area (Å²) in [6.45, 7) is 14.1. The summed E-state index contributed by atoms with van der Waals surface area (Å²) >= 11 is 0. The van der Waals surface area contributed by atoms with E-state index in [2.05, 4.69) is 45.1 Å². The molecule has 0 amide bonds. The maximum Gasteiger partial charge on any atom is 0.321 e. The van der Waals surface area contributed by atoms with Crippen LogP contribution in [0.2, 0.25) is 25.7 Å². The Labute approximate surface area is 110 Å². The highest BCUT2D eigenvalue weighted by atomic mass is 28.3. The lowest BCUT2D eigenvalue weighted by molar-refractivity contribution is 0.212. The van der Waals surface area contributed by atoms with Gasteiger partial charge in [0.2, 0.25) is 0 Å². The molecule has 0 saturated carbocycles. The highest BCUT2D eigenvalue weighted by molar-refractivity contribution is 6.73. The Balaban J connectivity index is 3.67. The average Bonchev–Trinajstić information content (AvgIpc) is 2.23. The van der Waals surface area contributed by atoms with E-state index < -0.39 is 17.5 Å². The van der Waals surface area contributed by atoms with Crippen LogP contribution in [0.1, 0.15) is 26.7 Å². The van der Waals surface area contributed by atoms with Gasteiger partial charge in [-0.15, -0.1) is 0 Å². The molecule has 0 aliphatic carbocycles. The van der Waals surface area contributed by atoms with Gasteiger partial charge in [0.05, 0.1) is 0 Å². The van der Waals surface area contributed by atoms with Gasteiger partial charge in [0.15, 0.2) is 0 Å². The molecule has 0 atom stereocenters. The fourth-order valence-corrected chi connectivity index (χ4v) is 4.21. The van der Waals surface area contributed by atoms with Crippen LogP contribution in [0.5, 0.6) is 0 Å². The molecule has 0 aliphatic rings. The molecule has 0 saturated heterocycles. The molecule has 0 heterocycles. The highest BCUT2D eigenvalue weighted by Crippen LogP contribution is 2.10. The normalized spacial score (nSPS) is 12.7. The van der Waals surface area contributed by atoms with Crippen molar-refractivity contribution in [1.29, 1.82) is 0 Å². The van der Waals surface area contributed by atoms with Crippen molar-refractivity contribution in [3.63, 3.8) is 0 Å². The molecule has 0 fully saturated rings. The summed E-state index contributed by atoms with van der Waals surface area (Å²) in [5.74, 6) is 0. The quantitative estimate of drug-likeness (QED) is 0.453. The average molecular weight is 278 g/mol. The van der Waals surface area contributed by atoms with Crippen molar-refractivity contribution >= 4 is 17.5 Å². The molecular weight excluding hydrogens is 246 g/mol. The predicted molar refractivity (Wildman–Crippen MR) is 80.4 cm³/mol. The maximum atomic E-state index is 5.67. The molecule has 0 spiro atoms. The molecule has 0 radical (unpaired) electrons. The van der Waals surface area contributed by atoms with E-state index in [1.165, 1.54) is 19.4 Å². The van der Waals surface area contributed by atoms with Crippen molar-refractivity contribution in [3.8, 4) is 0 Å². The van der Waals surface area contributed by atoms with E-state index in [0.717, 1.165) is 19.3 Å². The van der Waals surface area contributed by atoms with E-state index in [9.17, 15) is 0 Å². The van der Waals surface area contributed by atoms with Crippen LogP contribution >= 0.6 is 0 Å². The van der Waals surface area contributed by atoms with E-state index in [1.54, 1.807) is 0 Å². The first kappa shape index (κ1) is 17.3. The largest absolute Gasteiger partial charge is 0.397 e. The lowest BCUT2D eigenvalue weighted by Crippen LogP contribution is -2.43. The first-order chi connectivity index (χ1) is 7.91. The number of rotatable bonds is 10. The molecule has 104 valence electrons. The van der Waals surface area contributed by atoms with Crippen LogP contribution in [0.3, 0.4) is 0 Å². The first-order valence-corrected chi connectivity index (χ1v) is 12.1. The van der Waals surface area contributed by atoms with Gasteiger partial charge in [-0.1, -0.05) is 26.1 Å². The lowest BCUT2D eigenvalue weighted by Gasteiger charge is -2.30. The Hall–Kier alpha value is 0.314. The smallest absolute Gasteiger partial charge is 0.321 e. The molecule has 0 aromatic carbocycles. The van der Waals surface area contributed by atoms with Crippen LogP contribution in [0, 0.1) is 0 Å². The van der Waals surface area contributed by atoms with Crippen molar-refractivity contribution in [3.05, 3.63) is 0 Å². The molecule has 0 aromatic rings. The van der Waals surface area contributed by atoms with Gasteiger partial charge in [-0.3, -0.25) is 0 Å². The lowest BCUT2D eigenvalue weighted by atomic mass is 10.3. The predicted octanol–water partition coefficient (Wildman–Crippen LogP) is 2.83. The molecule has 3 nitrogen and oxygen atoms in total. The summed E-state index contributed by atoms with van der Waals surface area (Å²) in [5, 5.41) is 0. The number of nitrogens with zero attached hydrogens (tertiary/aromatic N) is 1. The van der Waals surface area contributed by atoms with Crippen LogP contribution in [0.15, 0.2) is 0 Å². The number of hydrogen-bond donors (Lipinski definition) is 0. The van der Waals surface area contributed by atoms with Gasteiger partial charge in [-0.25, -0.2) is 0 Å². The third-order valence-corrected chi connectivity index (χ3v) is 7.84. The van der Waals surface area contributed by atoms with Crippen LogP contribution in [0.25, 0.3) is 0 Å². The van der Waals surface area contributed by atoms with Crippen molar-refractivity contribution < 1.29 is 8.85 Å². The zero-order chi connectivity index (χ0) is 13.3. The first-order valence-electron chi connectivity index (χ1n) is 6.86. The van der Waals surface area contributed by atoms with E-state index in [1.807, 2.05) is 0 Å². The maximum absolute atomic E-state index is 5.67. The monoisotopic (exact) mass is 277 g/mol. The Morgan fingerprint density at radius 3 is 1.94 bits per heavy atom. The van der Waals surface area contributed by atoms with Gasteiger partial charge in [0.25, 0.3) is 0 Å². The van der Waals surface area contributed by atoms with Gasteiger partial charge >= 0.3 is 9.28 Å².